The van der Waals surface area contributed by atoms with Crippen LogP contribution in [0.5, 0.6) is 0 Å². The van der Waals surface area contributed by atoms with Crippen molar-refractivity contribution in [2.45, 2.75) is 38.0 Å². The van der Waals surface area contributed by atoms with Crippen LogP contribution < -0.4 is 0 Å². The fourth-order valence-electron chi connectivity index (χ4n) is 1.35. The van der Waals surface area contributed by atoms with Crippen molar-refractivity contribution in [3.63, 3.8) is 0 Å². The zero-order valence-electron chi connectivity index (χ0n) is 10.3. The van der Waals surface area contributed by atoms with Gasteiger partial charge in [-0.2, -0.15) is 11.8 Å². The quantitative estimate of drug-likeness (QED) is 0.900. The van der Waals surface area contributed by atoms with Crippen molar-refractivity contribution >= 4 is 23.4 Å². The minimum absolute atomic E-state index is 0.111. The summed E-state index contributed by atoms with van der Waals surface area (Å²) < 4.78 is 13.6. The average Bonchev–Trinajstić information content (AvgIpc) is 2.18. The summed E-state index contributed by atoms with van der Waals surface area (Å²) in [5.74, 6) is 0.253. The molecule has 1 atom stereocenters. The molecule has 0 amide bonds. The Bertz CT molecular complexity index is 376. The summed E-state index contributed by atoms with van der Waals surface area (Å²) in [6.07, 6.45) is -0.207. The fourth-order valence-corrected chi connectivity index (χ4v) is 2.32. The second-order valence-electron chi connectivity index (χ2n) is 5.02. The van der Waals surface area contributed by atoms with Crippen LogP contribution in [0.1, 0.15) is 26.3 Å². The van der Waals surface area contributed by atoms with E-state index in [1.54, 1.807) is 23.9 Å². The van der Waals surface area contributed by atoms with E-state index in [1.165, 1.54) is 6.07 Å². The number of thioether (sulfide) groups is 1. The Labute approximate surface area is 111 Å². The van der Waals surface area contributed by atoms with Crippen molar-refractivity contribution in [1.82, 2.24) is 0 Å². The van der Waals surface area contributed by atoms with Crippen LogP contribution in [0.15, 0.2) is 18.2 Å². The van der Waals surface area contributed by atoms with Crippen molar-refractivity contribution in [3.05, 3.63) is 34.6 Å². The number of halogens is 2. The third kappa shape index (κ3) is 5.75. The molecule has 0 aliphatic carbocycles. The molecule has 1 aromatic carbocycles. The van der Waals surface area contributed by atoms with Crippen molar-refractivity contribution in [1.29, 1.82) is 0 Å². The molecule has 1 unspecified atom stereocenters. The minimum atomic E-state index is -0.532. The molecule has 1 nitrogen and oxygen atoms in total. The van der Waals surface area contributed by atoms with E-state index in [4.69, 9.17) is 11.6 Å². The fraction of sp³-hybridized carbons (Fsp3) is 0.538. The lowest BCUT2D eigenvalue weighted by Crippen LogP contribution is -2.19. The summed E-state index contributed by atoms with van der Waals surface area (Å²) in [7, 11) is 0. The van der Waals surface area contributed by atoms with E-state index in [1.807, 2.05) is 0 Å². The zero-order valence-corrected chi connectivity index (χ0v) is 11.9. The summed E-state index contributed by atoms with van der Waals surface area (Å²) >= 11 is 7.34. The standard InChI is InChI=1S/C13H18ClFOS/c1-13(2,3)17-8-11(16)6-9-4-5-10(14)7-12(9)15/h4-5,7,11,16H,6,8H2,1-3H3. The molecule has 4 heteroatoms. The predicted octanol–water partition coefficient (Wildman–Crippen LogP) is 3.91. The molecule has 1 N–H and O–H groups in total. The third-order valence-electron chi connectivity index (χ3n) is 2.18. The Morgan fingerprint density at radius 1 is 1.41 bits per heavy atom. The molecule has 0 saturated heterocycles. The molecular weight excluding hydrogens is 259 g/mol. The van der Waals surface area contributed by atoms with Crippen molar-refractivity contribution in [2.24, 2.45) is 0 Å². The minimum Gasteiger partial charge on any atom is -0.392 e. The molecule has 0 aliphatic rings. The summed E-state index contributed by atoms with van der Waals surface area (Å²) in [5, 5.41) is 10.2. The van der Waals surface area contributed by atoms with E-state index in [9.17, 15) is 9.50 Å². The van der Waals surface area contributed by atoms with Crippen LogP contribution in [0.3, 0.4) is 0 Å². The largest absolute Gasteiger partial charge is 0.392 e. The predicted molar refractivity (Wildman–Crippen MR) is 73.3 cm³/mol. The molecule has 0 aliphatic heterocycles. The van der Waals surface area contributed by atoms with Crippen LogP contribution in [-0.4, -0.2) is 21.7 Å². The number of hydrogen-bond acceptors (Lipinski definition) is 2. The monoisotopic (exact) mass is 276 g/mol. The smallest absolute Gasteiger partial charge is 0.127 e. The van der Waals surface area contributed by atoms with Gasteiger partial charge in [0.2, 0.25) is 0 Å². The molecular formula is C13H18ClFOS. The second kappa shape index (κ2) is 6.07. The number of rotatable bonds is 4. The molecule has 0 radical (unpaired) electrons. The maximum atomic E-state index is 13.5. The maximum Gasteiger partial charge on any atom is 0.127 e. The first-order valence-electron chi connectivity index (χ1n) is 5.54. The highest BCUT2D eigenvalue weighted by Crippen LogP contribution is 2.25. The van der Waals surface area contributed by atoms with Gasteiger partial charge in [0, 0.05) is 21.9 Å². The molecule has 0 aromatic heterocycles. The average molecular weight is 277 g/mol. The van der Waals surface area contributed by atoms with Gasteiger partial charge in [-0.25, -0.2) is 4.39 Å². The number of benzene rings is 1. The lowest BCUT2D eigenvalue weighted by Gasteiger charge is -2.20. The molecule has 1 rings (SSSR count). The van der Waals surface area contributed by atoms with Gasteiger partial charge in [0.1, 0.15) is 5.82 Å². The normalized spacial score (nSPS) is 13.8. The van der Waals surface area contributed by atoms with Gasteiger partial charge in [-0.15, -0.1) is 0 Å². The highest BCUT2D eigenvalue weighted by molar-refractivity contribution is 8.00. The Morgan fingerprint density at radius 2 is 2.06 bits per heavy atom. The van der Waals surface area contributed by atoms with Gasteiger partial charge in [-0.3, -0.25) is 0 Å². The van der Waals surface area contributed by atoms with E-state index in [-0.39, 0.29) is 10.6 Å². The molecule has 0 fully saturated rings. The first kappa shape index (κ1) is 14.8. The molecule has 1 aromatic rings. The van der Waals surface area contributed by atoms with E-state index in [2.05, 4.69) is 20.8 Å². The van der Waals surface area contributed by atoms with Crippen molar-refractivity contribution in [2.75, 3.05) is 5.75 Å². The number of aliphatic hydroxyl groups excluding tert-OH is 1. The van der Waals surface area contributed by atoms with Crippen LogP contribution in [0.2, 0.25) is 5.02 Å². The van der Waals surface area contributed by atoms with Gasteiger partial charge in [0.05, 0.1) is 6.10 Å². The van der Waals surface area contributed by atoms with Gasteiger partial charge in [0.15, 0.2) is 0 Å². The zero-order chi connectivity index (χ0) is 13.1. The van der Waals surface area contributed by atoms with Gasteiger partial charge in [-0.1, -0.05) is 38.4 Å². The molecule has 0 spiro atoms. The van der Waals surface area contributed by atoms with Gasteiger partial charge >= 0.3 is 0 Å². The summed E-state index contributed by atoms with van der Waals surface area (Å²) in [6, 6.07) is 4.55. The molecule has 0 bridgehead atoms. The van der Waals surface area contributed by atoms with Gasteiger partial charge in [0.25, 0.3) is 0 Å². The summed E-state index contributed by atoms with van der Waals surface area (Å²) in [4.78, 5) is 0. The highest BCUT2D eigenvalue weighted by Gasteiger charge is 2.15. The highest BCUT2D eigenvalue weighted by atomic mass is 35.5. The molecule has 0 saturated carbocycles. The molecule has 17 heavy (non-hydrogen) atoms. The Morgan fingerprint density at radius 3 is 2.59 bits per heavy atom. The lowest BCUT2D eigenvalue weighted by atomic mass is 10.1. The number of hydrogen-bond donors (Lipinski definition) is 1. The van der Waals surface area contributed by atoms with Crippen molar-refractivity contribution in [3.8, 4) is 0 Å². The third-order valence-corrected chi connectivity index (χ3v) is 3.83. The Hall–Kier alpha value is -0.250. The van der Waals surface area contributed by atoms with Crippen LogP contribution in [0, 0.1) is 5.82 Å². The first-order chi connectivity index (χ1) is 7.78. The second-order valence-corrected chi connectivity index (χ2v) is 7.30. The van der Waals surface area contributed by atoms with E-state index in [0.717, 1.165) is 0 Å². The van der Waals surface area contributed by atoms with Crippen LogP contribution in [-0.2, 0) is 6.42 Å². The molecule has 0 heterocycles. The Kier molecular flexibility index (Phi) is 5.29. The van der Waals surface area contributed by atoms with E-state index < -0.39 is 6.10 Å². The van der Waals surface area contributed by atoms with E-state index >= 15 is 0 Å². The van der Waals surface area contributed by atoms with Gasteiger partial charge < -0.3 is 5.11 Å². The van der Waals surface area contributed by atoms with Crippen LogP contribution >= 0.6 is 23.4 Å². The van der Waals surface area contributed by atoms with Gasteiger partial charge in [-0.05, 0) is 17.7 Å². The number of aliphatic hydroxyl groups is 1. The lowest BCUT2D eigenvalue weighted by molar-refractivity contribution is 0.198. The van der Waals surface area contributed by atoms with E-state index in [0.29, 0.717) is 22.8 Å². The summed E-state index contributed by atoms with van der Waals surface area (Å²) in [5.41, 5.74) is 0.511. The first-order valence-corrected chi connectivity index (χ1v) is 6.90. The SMILES string of the molecule is CC(C)(C)SCC(O)Cc1ccc(Cl)cc1F. The Balaban J connectivity index is 2.53. The maximum absolute atomic E-state index is 13.5. The topological polar surface area (TPSA) is 20.2 Å². The summed E-state index contributed by atoms with van der Waals surface area (Å²) in [6.45, 7) is 6.27. The van der Waals surface area contributed by atoms with Crippen LogP contribution in [0.25, 0.3) is 0 Å². The van der Waals surface area contributed by atoms with Crippen molar-refractivity contribution < 1.29 is 9.50 Å². The van der Waals surface area contributed by atoms with Crippen LogP contribution in [0.4, 0.5) is 4.39 Å². The molecule has 96 valence electrons.